The molecule has 0 aliphatic carbocycles. The lowest BCUT2D eigenvalue weighted by Crippen LogP contribution is -2.35. The fourth-order valence-corrected chi connectivity index (χ4v) is 2.21. The van der Waals surface area contributed by atoms with Gasteiger partial charge in [-0.25, -0.2) is 0 Å². The molecule has 0 bridgehead atoms. The van der Waals surface area contributed by atoms with Crippen LogP contribution in [-0.2, 0) is 4.79 Å². The average Bonchev–Trinajstić information content (AvgIpc) is 2.48. The molecule has 0 saturated carbocycles. The van der Waals surface area contributed by atoms with Crippen LogP contribution in [0.15, 0.2) is 24.3 Å². The van der Waals surface area contributed by atoms with Gasteiger partial charge in [0.05, 0.1) is 10.6 Å². The third kappa shape index (κ3) is 5.76. The topological polar surface area (TPSA) is 49.4 Å². The quantitative estimate of drug-likeness (QED) is 0.802. The summed E-state index contributed by atoms with van der Waals surface area (Å²) >= 11 is 5.95. The zero-order chi connectivity index (χ0) is 15.7. The molecule has 1 rings (SSSR count). The number of hydrogen-bond donors (Lipinski definition) is 1. The van der Waals surface area contributed by atoms with Crippen molar-refractivity contribution in [3.05, 3.63) is 34.9 Å². The molecule has 0 aliphatic heterocycles. The van der Waals surface area contributed by atoms with Gasteiger partial charge < -0.3 is 10.2 Å². The van der Waals surface area contributed by atoms with Gasteiger partial charge in [0, 0.05) is 26.1 Å². The van der Waals surface area contributed by atoms with E-state index in [-0.39, 0.29) is 11.8 Å². The maximum atomic E-state index is 12.0. The van der Waals surface area contributed by atoms with E-state index in [0.717, 1.165) is 19.4 Å². The Labute approximate surface area is 131 Å². The van der Waals surface area contributed by atoms with Crippen LogP contribution in [0.4, 0.5) is 0 Å². The Bertz CT molecular complexity index is 477. The van der Waals surface area contributed by atoms with Gasteiger partial charge >= 0.3 is 0 Å². The summed E-state index contributed by atoms with van der Waals surface area (Å²) in [6.07, 6.45) is 2.38. The van der Waals surface area contributed by atoms with E-state index in [0.29, 0.717) is 30.1 Å². The summed E-state index contributed by atoms with van der Waals surface area (Å²) in [5, 5.41) is 3.15. The second-order valence-corrected chi connectivity index (χ2v) is 5.22. The van der Waals surface area contributed by atoms with Crippen LogP contribution in [0.25, 0.3) is 0 Å². The number of amides is 2. The molecular weight excluding hydrogens is 288 g/mol. The molecule has 5 heteroatoms. The first-order valence-corrected chi connectivity index (χ1v) is 7.78. The van der Waals surface area contributed by atoms with Crippen molar-refractivity contribution < 1.29 is 9.59 Å². The third-order valence-electron chi connectivity index (χ3n) is 3.26. The van der Waals surface area contributed by atoms with Crippen molar-refractivity contribution in [2.24, 2.45) is 0 Å². The Morgan fingerprint density at radius 1 is 1.24 bits per heavy atom. The Morgan fingerprint density at radius 2 is 1.95 bits per heavy atom. The average molecular weight is 311 g/mol. The lowest BCUT2D eigenvalue weighted by atomic mass is 10.2. The van der Waals surface area contributed by atoms with E-state index in [1.54, 1.807) is 24.3 Å². The van der Waals surface area contributed by atoms with Crippen LogP contribution in [0, 0.1) is 0 Å². The van der Waals surface area contributed by atoms with E-state index in [4.69, 9.17) is 11.6 Å². The lowest BCUT2D eigenvalue weighted by molar-refractivity contribution is -0.130. The SMILES string of the molecule is CCCCN(CC)C(=O)CCNC(=O)c1ccccc1Cl. The monoisotopic (exact) mass is 310 g/mol. The molecule has 1 aromatic rings. The summed E-state index contributed by atoms with van der Waals surface area (Å²) in [5.41, 5.74) is 0.435. The van der Waals surface area contributed by atoms with Gasteiger partial charge in [-0.2, -0.15) is 0 Å². The number of rotatable bonds is 8. The minimum atomic E-state index is -0.245. The van der Waals surface area contributed by atoms with E-state index in [2.05, 4.69) is 12.2 Å². The van der Waals surface area contributed by atoms with E-state index in [1.165, 1.54) is 0 Å². The maximum Gasteiger partial charge on any atom is 0.252 e. The standard InChI is InChI=1S/C16H23ClN2O2/c1-3-5-12-19(4-2)15(20)10-11-18-16(21)13-8-6-7-9-14(13)17/h6-9H,3-5,10-12H2,1-2H3,(H,18,21). The van der Waals surface area contributed by atoms with E-state index >= 15 is 0 Å². The van der Waals surface area contributed by atoms with Crippen molar-refractivity contribution in [2.45, 2.75) is 33.1 Å². The molecule has 0 saturated heterocycles. The molecule has 0 spiro atoms. The molecule has 0 fully saturated rings. The van der Waals surface area contributed by atoms with Gasteiger partial charge in [-0.15, -0.1) is 0 Å². The highest BCUT2D eigenvalue weighted by atomic mass is 35.5. The molecule has 0 radical (unpaired) electrons. The van der Waals surface area contributed by atoms with Crippen LogP contribution < -0.4 is 5.32 Å². The Morgan fingerprint density at radius 3 is 2.57 bits per heavy atom. The minimum Gasteiger partial charge on any atom is -0.351 e. The number of nitrogens with one attached hydrogen (secondary N) is 1. The molecular formula is C16H23ClN2O2. The smallest absolute Gasteiger partial charge is 0.252 e. The summed E-state index contributed by atoms with van der Waals surface area (Å²) in [7, 11) is 0. The number of carbonyl (C=O) groups excluding carboxylic acids is 2. The highest BCUT2D eigenvalue weighted by molar-refractivity contribution is 6.33. The first kappa shape index (κ1) is 17.5. The van der Waals surface area contributed by atoms with Gasteiger partial charge in [-0.05, 0) is 25.5 Å². The maximum absolute atomic E-state index is 12.0. The second-order valence-electron chi connectivity index (χ2n) is 4.81. The van der Waals surface area contributed by atoms with Gasteiger partial charge in [0.15, 0.2) is 0 Å². The first-order chi connectivity index (χ1) is 10.1. The predicted octanol–water partition coefficient (Wildman–Crippen LogP) is 3.11. The summed E-state index contributed by atoms with van der Waals surface area (Å²) in [5.74, 6) is -0.171. The zero-order valence-electron chi connectivity index (χ0n) is 12.7. The van der Waals surface area contributed by atoms with Crippen molar-refractivity contribution in [1.82, 2.24) is 10.2 Å². The molecule has 0 atom stereocenters. The fraction of sp³-hybridized carbons (Fsp3) is 0.500. The molecule has 0 heterocycles. The summed E-state index contributed by atoms with van der Waals surface area (Å²) in [6.45, 7) is 5.88. The zero-order valence-corrected chi connectivity index (χ0v) is 13.4. The summed E-state index contributed by atoms with van der Waals surface area (Å²) < 4.78 is 0. The van der Waals surface area contributed by atoms with Crippen molar-refractivity contribution in [1.29, 1.82) is 0 Å². The third-order valence-corrected chi connectivity index (χ3v) is 3.59. The van der Waals surface area contributed by atoms with E-state index in [9.17, 15) is 9.59 Å². The molecule has 116 valence electrons. The Balaban J connectivity index is 2.40. The number of unbranched alkanes of at least 4 members (excludes halogenated alkanes) is 1. The fourth-order valence-electron chi connectivity index (χ4n) is 1.99. The van der Waals surface area contributed by atoms with Crippen molar-refractivity contribution >= 4 is 23.4 Å². The van der Waals surface area contributed by atoms with Crippen LogP contribution >= 0.6 is 11.6 Å². The number of carbonyl (C=O) groups is 2. The minimum absolute atomic E-state index is 0.0745. The van der Waals surface area contributed by atoms with Crippen LogP contribution in [0.2, 0.25) is 5.02 Å². The molecule has 0 unspecified atom stereocenters. The lowest BCUT2D eigenvalue weighted by Gasteiger charge is -2.20. The van der Waals surface area contributed by atoms with Gasteiger partial charge in [0.25, 0.3) is 5.91 Å². The van der Waals surface area contributed by atoms with Crippen LogP contribution in [0.5, 0.6) is 0 Å². The number of nitrogens with zero attached hydrogens (tertiary/aromatic N) is 1. The number of benzene rings is 1. The first-order valence-electron chi connectivity index (χ1n) is 7.40. The largest absolute Gasteiger partial charge is 0.351 e. The Kier molecular flexibility index (Phi) is 7.83. The molecule has 21 heavy (non-hydrogen) atoms. The van der Waals surface area contributed by atoms with Crippen LogP contribution in [0.3, 0.4) is 0 Å². The molecule has 0 aliphatic rings. The van der Waals surface area contributed by atoms with Crippen molar-refractivity contribution in [3.63, 3.8) is 0 Å². The number of halogens is 1. The van der Waals surface area contributed by atoms with Crippen molar-refractivity contribution in [2.75, 3.05) is 19.6 Å². The summed E-state index contributed by atoms with van der Waals surface area (Å²) in [6, 6.07) is 6.87. The molecule has 1 aromatic carbocycles. The highest BCUT2D eigenvalue weighted by Crippen LogP contribution is 2.14. The molecule has 2 amide bonds. The second kappa shape index (κ2) is 9.40. The van der Waals surface area contributed by atoms with E-state index in [1.807, 2.05) is 11.8 Å². The van der Waals surface area contributed by atoms with Gasteiger partial charge in [0.1, 0.15) is 0 Å². The molecule has 1 N–H and O–H groups in total. The molecule has 0 aromatic heterocycles. The highest BCUT2D eigenvalue weighted by Gasteiger charge is 2.13. The Hall–Kier alpha value is -1.55. The van der Waals surface area contributed by atoms with Crippen molar-refractivity contribution in [3.8, 4) is 0 Å². The van der Waals surface area contributed by atoms with Gasteiger partial charge in [0.2, 0.25) is 5.91 Å². The normalized spacial score (nSPS) is 10.2. The van der Waals surface area contributed by atoms with Crippen LogP contribution in [-0.4, -0.2) is 36.3 Å². The molecule has 4 nitrogen and oxygen atoms in total. The van der Waals surface area contributed by atoms with Gasteiger partial charge in [-0.1, -0.05) is 37.1 Å². The van der Waals surface area contributed by atoms with Crippen LogP contribution in [0.1, 0.15) is 43.5 Å². The summed E-state index contributed by atoms with van der Waals surface area (Å²) in [4.78, 5) is 25.8. The van der Waals surface area contributed by atoms with Gasteiger partial charge in [-0.3, -0.25) is 9.59 Å². The number of hydrogen-bond acceptors (Lipinski definition) is 2. The predicted molar refractivity (Wildman–Crippen MR) is 85.6 cm³/mol. The van der Waals surface area contributed by atoms with E-state index < -0.39 is 0 Å².